The van der Waals surface area contributed by atoms with Crippen LogP contribution in [0.1, 0.15) is 24.3 Å². The first-order chi connectivity index (χ1) is 25.2. The van der Waals surface area contributed by atoms with Gasteiger partial charge in [0.2, 0.25) is 15.3 Å². The standard InChI is InChI=1S/C39H45N6O5S2/c1-2-42-25-27-44(28-26-42)39(43-23-21-40-22-24-43)19-9-14-37-35(39)18-29-45(37,52(48,49)34-12-7-4-8-13-34)50-38(51(46,47)33-10-5-3-6-11-33)32-15-16-36-31(30-32)17-20-41-36/h3-18,20,29-30,38,40-41H,2,19,21-28H2,1H3/q+1. The Labute approximate surface area is 306 Å². The highest BCUT2D eigenvalue weighted by molar-refractivity contribution is 7.91. The molecule has 4 aromatic rings. The van der Waals surface area contributed by atoms with Gasteiger partial charge in [-0.05, 0) is 58.4 Å². The fraction of sp³-hybridized carbons (Fsp3) is 0.333. The number of aromatic amines is 1. The van der Waals surface area contributed by atoms with Gasteiger partial charge >= 0.3 is 10.0 Å². The van der Waals surface area contributed by atoms with Crippen LogP contribution in [0.2, 0.25) is 0 Å². The summed E-state index contributed by atoms with van der Waals surface area (Å²) in [5.74, 6) is 0. The average molecular weight is 742 g/mol. The molecule has 4 heterocycles. The molecule has 0 spiro atoms. The number of hydrogen-bond donors (Lipinski definition) is 2. The number of hydrogen-bond acceptors (Lipinski definition) is 9. The zero-order valence-corrected chi connectivity index (χ0v) is 30.9. The lowest BCUT2D eigenvalue weighted by Gasteiger charge is -2.55. The minimum absolute atomic E-state index is 0.0219. The van der Waals surface area contributed by atoms with E-state index in [2.05, 4.69) is 31.9 Å². The van der Waals surface area contributed by atoms with Gasteiger partial charge in [0.05, 0.1) is 10.5 Å². The van der Waals surface area contributed by atoms with E-state index >= 15 is 8.42 Å². The van der Waals surface area contributed by atoms with Gasteiger partial charge in [-0.25, -0.2) is 8.42 Å². The number of benzene rings is 3. The first-order valence-corrected chi connectivity index (χ1v) is 21.0. The number of hydroxylamine groups is 2. The second kappa shape index (κ2) is 13.8. The maximum absolute atomic E-state index is 15.3. The molecule has 52 heavy (non-hydrogen) atoms. The minimum atomic E-state index is -4.48. The van der Waals surface area contributed by atoms with Crippen molar-refractivity contribution in [2.45, 2.75) is 34.2 Å². The molecule has 8 rings (SSSR count). The second-order valence-electron chi connectivity index (χ2n) is 13.7. The lowest BCUT2D eigenvalue weighted by molar-refractivity contribution is -0.934. The van der Waals surface area contributed by atoms with E-state index in [0.29, 0.717) is 17.7 Å². The van der Waals surface area contributed by atoms with Gasteiger partial charge in [-0.1, -0.05) is 55.5 Å². The summed E-state index contributed by atoms with van der Waals surface area (Å²) in [5, 5.41) is 4.27. The summed E-state index contributed by atoms with van der Waals surface area (Å²) in [6.07, 6.45) is 9.75. The number of aromatic nitrogens is 1. The first kappa shape index (κ1) is 35.1. The van der Waals surface area contributed by atoms with Crippen molar-refractivity contribution in [3.63, 3.8) is 0 Å². The van der Waals surface area contributed by atoms with Crippen molar-refractivity contribution in [1.29, 1.82) is 0 Å². The number of H-pyrrole nitrogens is 1. The van der Waals surface area contributed by atoms with E-state index in [1.54, 1.807) is 67.0 Å². The fourth-order valence-electron chi connectivity index (χ4n) is 8.25. The second-order valence-corrected chi connectivity index (χ2v) is 17.7. The maximum atomic E-state index is 15.3. The van der Waals surface area contributed by atoms with Crippen LogP contribution in [0.15, 0.2) is 137 Å². The monoisotopic (exact) mass is 741 g/mol. The zero-order chi connectivity index (χ0) is 36.0. The van der Waals surface area contributed by atoms with Gasteiger partial charge < -0.3 is 15.2 Å². The molecule has 1 aromatic heterocycles. The highest BCUT2D eigenvalue weighted by Gasteiger charge is 2.60. The number of quaternary nitrogens is 1. The van der Waals surface area contributed by atoms with Gasteiger partial charge in [0, 0.05) is 88.2 Å². The van der Waals surface area contributed by atoms with Crippen molar-refractivity contribution in [1.82, 2.24) is 25.0 Å². The van der Waals surface area contributed by atoms with Crippen LogP contribution in [0, 0.1) is 0 Å². The smallest absolute Gasteiger partial charge is 0.361 e. The molecule has 3 atom stereocenters. The number of nitrogens with one attached hydrogen (secondary N) is 2. The summed E-state index contributed by atoms with van der Waals surface area (Å²) in [6, 6.07) is 23.4. The number of sulfone groups is 1. The molecule has 2 N–H and O–H groups in total. The van der Waals surface area contributed by atoms with Gasteiger partial charge in [0.15, 0.2) is 11.9 Å². The third-order valence-corrected chi connectivity index (χ3v) is 14.8. The summed E-state index contributed by atoms with van der Waals surface area (Å²) >= 11 is 0. The van der Waals surface area contributed by atoms with Crippen molar-refractivity contribution in [3.05, 3.63) is 132 Å². The summed E-state index contributed by atoms with van der Waals surface area (Å²) in [5.41, 5.74) is 0.00587. The Morgan fingerprint density at radius 3 is 2.17 bits per heavy atom. The Morgan fingerprint density at radius 1 is 0.808 bits per heavy atom. The van der Waals surface area contributed by atoms with Crippen LogP contribution >= 0.6 is 0 Å². The van der Waals surface area contributed by atoms with Gasteiger partial charge in [0.1, 0.15) is 10.6 Å². The van der Waals surface area contributed by atoms with E-state index in [1.807, 2.05) is 24.3 Å². The number of piperazine rings is 2. The number of likely N-dealkylation sites (N-methyl/N-ethyl adjacent to an activating group) is 1. The molecule has 0 saturated carbocycles. The summed E-state index contributed by atoms with van der Waals surface area (Å²) in [7, 11) is -8.80. The van der Waals surface area contributed by atoms with Gasteiger partial charge in [-0.3, -0.25) is 9.80 Å². The van der Waals surface area contributed by atoms with Crippen molar-refractivity contribution in [2.75, 3.05) is 58.9 Å². The maximum Gasteiger partial charge on any atom is 0.366 e. The molecule has 4 aliphatic rings. The predicted molar refractivity (Wildman–Crippen MR) is 200 cm³/mol. The minimum Gasteiger partial charge on any atom is -0.361 e. The van der Waals surface area contributed by atoms with Gasteiger partial charge in [-0.2, -0.15) is 13.3 Å². The third-order valence-electron chi connectivity index (χ3n) is 11.0. The highest BCUT2D eigenvalue weighted by atomic mass is 32.2. The van der Waals surface area contributed by atoms with Crippen LogP contribution in [-0.4, -0.2) is 105 Å². The molecule has 3 aromatic carbocycles. The average Bonchev–Trinajstić information content (AvgIpc) is 3.83. The number of fused-ring (bicyclic) bond motifs is 1. The molecule has 3 aliphatic heterocycles. The van der Waals surface area contributed by atoms with E-state index in [1.165, 1.54) is 24.3 Å². The van der Waals surface area contributed by atoms with Crippen LogP contribution < -0.4 is 5.32 Å². The number of allylic oxidation sites excluding steroid dienone is 1. The quantitative estimate of drug-likeness (QED) is 0.222. The SMILES string of the molecule is CCN1CCN(C2(N3CCNCC3)CC=CC3=C2C=C[N+]3(OC(c2ccc3[nH]ccc3c2)S(=O)(=O)c2ccccc2)S(=O)(=O)c2ccccc2)CC1. The topological polar surface area (TPSA) is 115 Å². The van der Waals surface area contributed by atoms with Crippen molar-refractivity contribution >= 4 is 30.8 Å². The van der Waals surface area contributed by atoms with E-state index in [0.717, 1.165) is 75.4 Å². The normalized spacial score (nSPS) is 25.5. The van der Waals surface area contributed by atoms with Crippen molar-refractivity contribution in [3.8, 4) is 0 Å². The van der Waals surface area contributed by atoms with Crippen LogP contribution in [0.3, 0.4) is 0 Å². The Morgan fingerprint density at radius 2 is 1.48 bits per heavy atom. The molecule has 11 nitrogen and oxygen atoms in total. The number of nitrogens with zero attached hydrogens (tertiary/aromatic N) is 4. The molecule has 1 aliphatic carbocycles. The van der Waals surface area contributed by atoms with Crippen LogP contribution in [0.5, 0.6) is 0 Å². The lowest BCUT2D eigenvalue weighted by Crippen LogP contribution is -2.68. The Bertz CT molecular complexity index is 2240. The van der Waals surface area contributed by atoms with Crippen molar-refractivity contribution in [2.24, 2.45) is 0 Å². The van der Waals surface area contributed by atoms with Crippen LogP contribution in [-0.2, 0) is 24.7 Å². The zero-order valence-electron chi connectivity index (χ0n) is 29.3. The Kier molecular flexibility index (Phi) is 9.33. The molecule has 272 valence electrons. The molecule has 2 saturated heterocycles. The van der Waals surface area contributed by atoms with Crippen LogP contribution in [0.25, 0.3) is 10.9 Å². The van der Waals surface area contributed by atoms with Crippen LogP contribution in [0.4, 0.5) is 0 Å². The van der Waals surface area contributed by atoms with E-state index in [9.17, 15) is 8.42 Å². The molecule has 13 heteroatoms. The Hall–Kier alpha value is -3.92. The molecular weight excluding hydrogens is 697 g/mol. The largest absolute Gasteiger partial charge is 0.366 e. The van der Waals surface area contributed by atoms with E-state index in [4.69, 9.17) is 4.84 Å². The predicted octanol–water partition coefficient (Wildman–Crippen LogP) is 4.76. The van der Waals surface area contributed by atoms with E-state index in [-0.39, 0.29) is 9.79 Å². The molecular formula is C39H45N6O5S2+. The molecule has 0 amide bonds. The summed E-state index contributed by atoms with van der Waals surface area (Å²) in [6.45, 7) is 9.74. The molecule has 0 radical (unpaired) electrons. The Balaban J connectivity index is 1.35. The van der Waals surface area contributed by atoms with Crippen molar-refractivity contribution < 1.29 is 25.7 Å². The van der Waals surface area contributed by atoms with Gasteiger partial charge in [-0.15, -0.1) is 0 Å². The first-order valence-electron chi connectivity index (χ1n) is 18.0. The van der Waals surface area contributed by atoms with E-state index < -0.39 is 35.0 Å². The fourth-order valence-corrected chi connectivity index (χ4v) is 11.5. The molecule has 3 unspecified atom stereocenters. The highest BCUT2D eigenvalue weighted by Crippen LogP contribution is 2.51. The number of rotatable bonds is 10. The molecule has 0 bridgehead atoms. The molecule has 2 fully saturated rings. The lowest BCUT2D eigenvalue weighted by atomic mass is 9.85. The summed E-state index contributed by atoms with van der Waals surface area (Å²) in [4.78, 5) is 17.5. The third kappa shape index (κ3) is 5.71. The summed E-state index contributed by atoms with van der Waals surface area (Å²) < 4.78 is 59.2. The van der Waals surface area contributed by atoms with Gasteiger partial charge in [0.25, 0.3) is 0 Å². The number of sulfonamides is 1.